The lowest BCUT2D eigenvalue weighted by Gasteiger charge is -2.12. The van der Waals surface area contributed by atoms with Crippen LogP contribution in [0.1, 0.15) is 44.7 Å². The summed E-state index contributed by atoms with van der Waals surface area (Å²) in [6.45, 7) is 9.09. The fraction of sp³-hybridized carbons (Fsp3) is 0.318. The second kappa shape index (κ2) is 9.66. The molecule has 26 heavy (non-hydrogen) atoms. The van der Waals surface area contributed by atoms with Crippen molar-refractivity contribution in [2.45, 2.75) is 33.6 Å². The second-order valence-electron chi connectivity index (χ2n) is 6.02. The van der Waals surface area contributed by atoms with Crippen molar-refractivity contribution in [3.8, 4) is 17.2 Å². The number of carbonyl (C=O) groups is 1. The Kier molecular flexibility index (Phi) is 7.27. The first-order valence-electron chi connectivity index (χ1n) is 8.93. The van der Waals surface area contributed by atoms with Crippen molar-refractivity contribution in [3.63, 3.8) is 0 Å². The first-order chi connectivity index (χ1) is 12.5. The highest BCUT2D eigenvalue weighted by atomic mass is 16.5. The SMILES string of the molecule is CCOc1ccc(C=CC(=O)Oc2ccccc2C(C)C)cc1OCC. The number of esters is 1. The number of carbonyl (C=O) groups excluding carboxylic acids is 1. The fourth-order valence-electron chi connectivity index (χ4n) is 2.53. The smallest absolute Gasteiger partial charge is 0.336 e. The minimum Gasteiger partial charge on any atom is -0.490 e. The lowest BCUT2D eigenvalue weighted by Crippen LogP contribution is -2.06. The lowest BCUT2D eigenvalue weighted by molar-refractivity contribution is -0.128. The van der Waals surface area contributed by atoms with Crippen LogP contribution in [-0.2, 0) is 4.79 Å². The summed E-state index contributed by atoms with van der Waals surface area (Å²) in [4.78, 5) is 12.2. The molecule has 0 bridgehead atoms. The highest BCUT2D eigenvalue weighted by molar-refractivity contribution is 5.89. The molecule has 0 aromatic heterocycles. The molecular formula is C22H26O4. The summed E-state index contributed by atoms with van der Waals surface area (Å²) in [5.41, 5.74) is 1.85. The standard InChI is InChI=1S/C22H26O4/c1-5-24-20-13-11-17(15-21(20)25-6-2)12-14-22(23)26-19-10-8-7-9-18(19)16(3)4/h7-16H,5-6H2,1-4H3. The molecule has 0 N–H and O–H groups in total. The van der Waals surface area contributed by atoms with E-state index in [1.165, 1.54) is 6.08 Å². The van der Waals surface area contributed by atoms with Gasteiger partial charge in [0.25, 0.3) is 0 Å². The van der Waals surface area contributed by atoms with Gasteiger partial charge in [0.2, 0.25) is 0 Å². The van der Waals surface area contributed by atoms with Crippen LogP contribution in [0.25, 0.3) is 6.08 Å². The van der Waals surface area contributed by atoms with Crippen molar-refractivity contribution in [2.24, 2.45) is 0 Å². The van der Waals surface area contributed by atoms with Crippen LogP contribution in [0.5, 0.6) is 17.2 Å². The van der Waals surface area contributed by atoms with Crippen LogP contribution in [0.15, 0.2) is 48.5 Å². The molecule has 138 valence electrons. The molecule has 2 rings (SSSR count). The van der Waals surface area contributed by atoms with E-state index in [0.29, 0.717) is 30.5 Å². The summed E-state index contributed by atoms with van der Waals surface area (Å²) in [5, 5.41) is 0. The molecule has 0 atom stereocenters. The molecule has 0 saturated heterocycles. The van der Waals surface area contributed by atoms with Crippen molar-refractivity contribution in [2.75, 3.05) is 13.2 Å². The Morgan fingerprint density at radius 3 is 2.35 bits per heavy atom. The molecule has 0 aliphatic heterocycles. The quantitative estimate of drug-likeness (QED) is 0.370. The lowest BCUT2D eigenvalue weighted by atomic mass is 10.0. The molecule has 0 radical (unpaired) electrons. The van der Waals surface area contributed by atoms with Crippen LogP contribution in [-0.4, -0.2) is 19.2 Å². The van der Waals surface area contributed by atoms with Gasteiger partial charge in [0.1, 0.15) is 5.75 Å². The average molecular weight is 354 g/mol. The van der Waals surface area contributed by atoms with Crippen molar-refractivity contribution < 1.29 is 19.0 Å². The molecule has 0 heterocycles. The summed E-state index contributed by atoms with van der Waals surface area (Å²) in [6.07, 6.45) is 3.13. The average Bonchev–Trinajstić information content (AvgIpc) is 2.62. The number of rotatable bonds is 8. The number of ether oxygens (including phenoxy) is 3. The van der Waals surface area contributed by atoms with Crippen LogP contribution >= 0.6 is 0 Å². The summed E-state index contributed by atoms with van der Waals surface area (Å²) in [6, 6.07) is 13.1. The monoisotopic (exact) mass is 354 g/mol. The van der Waals surface area contributed by atoms with Gasteiger partial charge in [0.15, 0.2) is 11.5 Å². The van der Waals surface area contributed by atoms with E-state index < -0.39 is 5.97 Å². The Morgan fingerprint density at radius 1 is 0.962 bits per heavy atom. The summed E-state index contributed by atoms with van der Waals surface area (Å²) < 4.78 is 16.6. The van der Waals surface area contributed by atoms with E-state index in [2.05, 4.69) is 13.8 Å². The predicted molar refractivity (Wildman–Crippen MR) is 104 cm³/mol. The van der Waals surface area contributed by atoms with E-state index in [1.54, 1.807) is 6.08 Å². The van der Waals surface area contributed by atoms with E-state index in [-0.39, 0.29) is 5.92 Å². The van der Waals surface area contributed by atoms with Gasteiger partial charge >= 0.3 is 5.97 Å². The highest BCUT2D eigenvalue weighted by Gasteiger charge is 2.10. The Bertz CT molecular complexity index is 762. The van der Waals surface area contributed by atoms with E-state index in [9.17, 15) is 4.79 Å². The third-order valence-corrected chi connectivity index (χ3v) is 3.73. The highest BCUT2D eigenvalue weighted by Crippen LogP contribution is 2.29. The molecule has 2 aromatic carbocycles. The molecule has 0 aliphatic rings. The zero-order valence-corrected chi connectivity index (χ0v) is 15.8. The van der Waals surface area contributed by atoms with Gasteiger partial charge in [-0.3, -0.25) is 0 Å². The van der Waals surface area contributed by atoms with Crippen molar-refractivity contribution in [1.82, 2.24) is 0 Å². The van der Waals surface area contributed by atoms with Gasteiger partial charge in [-0.15, -0.1) is 0 Å². The molecule has 4 nitrogen and oxygen atoms in total. The van der Waals surface area contributed by atoms with Gasteiger partial charge in [0.05, 0.1) is 13.2 Å². The Morgan fingerprint density at radius 2 is 1.65 bits per heavy atom. The van der Waals surface area contributed by atoms with Gasteiger partial charge in [-0.25, -0.2) is 4.79 Å². The predicted octanol–water partition coefficient (Wildman–Crippen LogP) is 5.23. The topological polar surface area (TPSA) is 44.8 Å². The first-order valence-corrected chi connectivity index (χ1v) is 8.93. The maximum atomic E-state index is 12.2. The molecule has 4 heteroatoms. The summed E-state index contributed by atoms with van der Waals surface area (Å²) in [7, 11) is 0. The van der Waals surface area contributed by atoms with Gasteiger partial charge in [-0.2, -0.15) is 0 Å². The molecular weight excluding hydrogens is 328 g/mol. The zero-order chi connectivity index (χ0) is 18.9. The molecule has 0 saturated carbocycles. The van der Waals surface area contributed by atoms with E-state index >= 15 is 0 Å². The molecule has 0 spiro atoms. The van der Waals surface area contributed by atoms with Crippen LogP contribution in [0.3, 0.4) is 0 Å². The second-order valence-corrected chi connectivity index (χ2v) is 6.02. The third-order valence-electron chi connectivity index (χ3n) is 3.73. The number of hydrogen-bond acceptors (Lipinski definition) is 4. The van der Waals surface area contributed by atoms with E-state index in [4.69, 9.17) is 14.2 Å². The van der Waals surface area contributed by atoms with Gasteiger partial charge < -0.3 is 14.2 Å². The molecule has 0 aliphatic carbocycles. The van der Waals surface area contributed by atoms with Gasteiger partial charge in [0, 0.05) is 6.08 Å². The normalized spacial score (nSPS) is 11.0. The van der Waals surface area contributed by atoms with Crippen LogP contribution < -0.4 is 14.2 Å². The first kappa shape index (κ1) is 19.6. The van der Waals surface area contributed by atoms with Crippen LogP contribution in [0.4, 0.5) is 0 Å². The Labute approximate surface area is 155 Å². The molecule has 2 aromatic rings. The molecule has 0 unspecified atom stereocenters. The number of hydrogen-bond donors (Lipinski definition) is 0. The van der Waals surface area contributed by atoms with Crippen LogP contribution in [0, 0.1) is 0 Å². The number of benzene rings is 2. The Hall–Kier alpha value is -2.75. The molecule has 0 fully saturated rings. The van der Waals surface area contributed by atoms with Gasteiger partial charge in [-0.05, 0) is 55.2 Å². The zero-order valence-electron chi connectivity index (χ0n) is 15.8. The van der Waals surface area contributed by atoms with Crippen molar-refractivity contribution in [3.05, 3.63) is 59.7 Å². The molecule has 0 amide bonds. The number of para-hydroxylation sites is 1. The largest absolute Gasteiger partial charge is 0.490 e. The van der Waals surface area contributed by atoms with Crippen molar-refractivity contribution in [1.29, 1.82) is 0 Å². The minimum absolute atomic E-state index is 0.280. The Balaban J connectivity index is 2.12. The third kappa shape index (κ3) is 5.38. The minimum atomic E-state index is -0.412. The summed E-state index contributed by atoms with van der Waals surface area (Å²) >= 11 is 0. The van der Waals surface area contributed by atoms with Gasteiger partial charge in [-0.1, -0.05) is 38.1 Å². The summed E-state index contributed by atoms with van der Waals surface area (Å²) in [5.74, 6) is 1.82. The maximum Gasteiger partial charge on any atom is 0.336 e. The maximum absolute atomic E-state index is 12.2. The van der Waals surface area contributed by atoms with E-state index in [1.807, 2.05) is 56.3 Å². The van der Waals surface area contributed by atoms with Crippen molar-refractivity contribution >= 4 is 12.0 Å². The van der Waals surface area contributed by atoms with E-state index in [0.717, 1.165) is 11.1 Å². The van der Waals surface area contributed by atoms with Crippen LogP contribution in [0.2, 0.25) is 0 Å². The fourth-order valence-corrected chi connectivity index (χ4v) is 2.53.